The van der Waals surface area contributed by atoms with E-state index in [0.29, 0.717) is 6.04 Å². The monoisotopic (exact) mass is 371 g/mol. The lowest BCUT2D eigenvalue weighted by Crippen LogP contribution is -2.46. The summed E-state index contributed by atoms with van der Waals surface area (Å²) in [6.07, 6.45) is 10.3. The van der Waals surface area contributed by atoms with Gasteiger partial charge in [-0.2, -0.15) is 0 Å². The van der Waals surface area contributed by atoms with Crippen LogP contribution in [0.1, 0.15) is 71.8 Å². The number of benzene rings is 1. The Morgan fingerprint density at radius 3 is 2.48 bits per heavy atom. The van der Waals surface area contributed by atoms with Gasteiger partial charge in [0.25, 0.3) is 0 Å². The summed E-state index contributed by atoms with van der Waals surface area (Å²) in [4.78, 5) is 0. The van der Waals surface area contributed by atoms with Crippen LogP contribution in [0, 0.1) is 5.92 Å². The van der Waals surface area contributed by atoms with Gasteiger partial charge in [0.05, 0.1) is 0 Å². The van der Waals surface area contributed by atoms with Gasteiger partial charge in [0.2, 0.25) is 0 Å². The Labute approximate surface area is 165 Å². The Morgan fingerprint density at radius 1 is 1.11 bits per heavy atom. The van der Waals surface area contributed by atoms with Crippen LogP contribution in [-0.4, -0.2) is 24.0 Å². The summed E-state index contributed by atoms with van der Waals surface area (Å²) in [7, 11) is 0. The van der Waals surface area contributed by atoms with Crippen LogP contribution in [0.4, 0.5) is 0 Å². The van der Waals surface area contributed by atoms with Crippen LogP contribution >= 0.6 is 0 Å². The van der Waals surface area contributed by atoms with Gasteiger partial charge in [-0.15, -0.1) is 0 Å². The Balaban J connectivity index is 1.75. The van der Waals surface area contributed by atoms with Crippen LogP contribution in [0.3, 0.4) is 0 Å². The molecular weight excluding hydrogens is 334 g/mol. The minimum absolute atomic E-state index is 0.0156. The van der Waals surface area contributed by atoms with E-state index < -0.39 is 5.79 Å². The first-order valence-electron chi connectivity index (χ1n) is 10.7. The largest absolute Gasteiger partial charge is 0.343 e. The van der Waals surface area contributed by atoms with E-state index >= 15 is 0 Å². The standard InChI is InChI=1S/C24H37NO2/c1-18(2)15-22-23(27-24(3,4)26-22)21(16-19-11-7-5-8-12-19)25-17-20-13-9-6-10-14-20/h6,9-10,13-15,19,21-23,25H,5,7-8,11-12,16-17H2,1-4H3/t21-,22-,23+/m0/s1. The van der Waals surface area contributed by atoms with Crippen molar-refractivity contribution >= 4 is 0 Å². The van der Waals surface area contributed by atoms with Crippen molar-refractivity contribution in [1.82, 2.24) is 5.32 Å². The quantitative estimate of drug-likeness (QED) is 0.633. The first kappa shape index (κ1) is 20.6. The topological polar surface area (TPSA) is 30.5 Å². The molecule has 3 heteroatoms. The number of hydrogen-bond donors (Lipinski definition) is 1. The van der Waals surface area contributed by atoms with Crippen LogP contribution in [0.25, 0.3) is 0 Å². The third kappa shape index (κ3) is 6.17. The zero-order valence-electron chi connectivity index (χ0n) is 17.5. The van der Waals surface area contributed by atoms with Gasteiger partial charge in [-0.25, -0.2) is 0 Å². The molecule has 27 heavy (non-hydrogen) atoms. The first-order chi connectivity index (χ1) is 12.9. The Hall–Kier alpha value is -1.16. The lowest BCUT2D eigenvalue weighted by molar-refractivity contribution is -0.146. The van der Waals surface area contributed by atoms with Gasteiger partial charge in [0.15, 0.2) is 5.79 Å². The van der Waals surface area contributed by atoms with E-state index in [0.717, 1.165) is 12.5 Å². The zero-order chi connectivity index (χ0) is 19.3. The second kappa shape index (κ2) is 9.36. The van der Waals surface area contributed by atoms with Crippen LogP contribution in [-0.2, 0) is 16.0 Å². The molecule has 1 heterocycles. The third-order valence-electron chi connectivity index (χ3n) is 5.78. The lowest BCUT2D eigenvalue weighted by Gasteiger charge is -2.32. The van der Waals surface area contributed by atoms with Gasteiger partial charge in [-0.3, -0.25) is 0 Å². The zero-order valence-corrected chi connectivity index (χ0v) is 17.5. The van der Waals surface area contributed by atoms with E-state index in [1.54, 1.807) is 0 Å². The second-order valence-electron chi connectivity index (χ2n) is 9.02. The number of ether oxygens (including phenoxy) is 2. The highest BCUT2D eigenvalue weighted by atomic mass is 16.8. The Bertz CT molecular complexity index is 600. The molecule has 3 nitrogen and oxygen atoms in total. The number of hydrogen-bond acceptors (Lipinski definition) is 3. The summed E-state index contributed by atoms with van der Waals surface area (Å²) in [5.74, 6) is 0.271. The number of allylic oxidation sites excluding steroid dienone is 1. The van der Waals surface area contributed by atoms with Crippen molar-refractivity contribution in [2.24, 2.45) is 5.92 Å². The van der Waals surface area contributed by atoms with E-state index in [9.17, 15) is 0 Å². The van der Waals surface area contributed by atoms with Crippen LogP contribution < -0.4 is 5.32 Å². The molecule has 1 aromatic carbocycles. The molecular formula is C24H37NO2. The van der Waals surface area contributed by atoms with Crippen molar-refractivity contribution in [3.05, 3.63) is 47.5 Å². The predicted molar refractivity (Wildman–Crippen MR) is 112 cm³/mol. The molecule has 0 aromatic heterocycles. The van der Waals surface area contributed by atoms with Crippen LogP contribution in [0.15, 0.2) is 42.0 Å². The maximum Gasteiger partial charge on any atom is 0.164 e. The van der Waals surface area contributed by atoms with Crippen LogP contribution in [0.5, 0.6) is 0 Å². The van der Waals surface area contributed by atoms with E-state index in [1.807, 2.05) is 13.8 Å². The molecule has 0 bridgehead atoms. The van der Waals surface area contributed by atoms with Gasteiger partial charge < -0.3 is 14.8 Å². The summed E-state index contributed by atoms with van der Waals surface area (Å²) >= 11 is 0. The molecule has 0 spiro atoms. The van der Waals surface area contributed by atoms with Crippen molar-refractivity contribution in [3.63, 3.8) is 0 Å². The van der Waals surface area contributed by atoms with Crippen molar-refractivity contribution in [3.8, 4) is 0 Å². The average molecular weight is 372 g/mol. The first-order valence-corrected chi connectivity index (χ1v) is 10.7. The van der Waals surface area contributed by atoms with Crippen LogP contribution in [0.2, 0.25) is 0 Å². The smallest absolute Gasteiger partial charge is 0.164 e. The second-order valence-corrected chi connectivity index (χ2v) is 9.02. The van der Waals surface area contributed by atoms with Crippen molar-refractivity contribution in [2.45, 2.75) is 96.8 Å². The highest BCUT2D eigenvalue weighted by molar-refractivity contribution is 5.15. The highest BCUT2D eigenvalue weighted by Crippen LogP contribution is 2.35. The lowest BCUT2D eigenvalue weighted by atomic mass is 9.83. The fourth-order valence-corrected chi connectivity index (χ4v) is 4.55. The highest BCUT2D eigenvalue weighted by Gasteiger charge is 2.44. The number of nitrogens with one attached hydrogen (secondary N) is 1. The van der Waals surface area contributed by atoms with E-state index in [-0.39, 0.29) is 12.2 Å². The molecule has 1 saturated heterocycles. The van der Waals surface area contributed by atoms with Gasteiger partial charge >= 0.3 is 0 Å². The predicted octanol–water partition coefficient (Wildman–Crippen LogP) is 5.60. The van der Waals surface area contributed by atoms with E-state index in [1.165, 1.54) is 49.7 Å². The average Bonchev–Trinajstić information content (AvgIpc) is 2.94. The van der Waals surface area contributed by atoms with Crippen molar-refractivity contribution in [2.75, 3.05) is 0 Å². The van der Waals surface area contributed by atoms with E-state index in [2.05, 4.69) is 55.6 Å². The van der Waals surface area contributed by atoms with Crippen molar-refractivity contribution < 1.29 is 9.47 Å². The summed E-state index contributed by atoms with van der Waals surface area (Å²) in [6.45, 7) is 9.22. The Kier molecular flexibility index (Phi) is 7.13. The summed E-state index contributed by atoms with van der Waals surface area (Å²) < 4.78 is 12.7. The molecule has 3 atom stereocenters. The van der Waals surface area contributed by atoms with Gasteiger partial charge in [0, 0.05) is 12.6 Å². The van der Waals surface area contributed by atoms with Gasteiger partial charge in [-0.05, 0) is 45.6 Å². The fraction of sp³-hybridized carbons (Fsp3) is 0.667. The van der Waals surface area contributed by atoms with Crippen molar-refractivity contribution in [1.29, 1.82) is 0 Å². The number of rotatable bonds is 7. The van der Waals surface area contributed by atoms with E-state index in [4.69, 9.17) is 9.47 Å². The molecule has 1 aromatic rings. The maximum absolute atomic E-state index is 6.43. The maximum atomic E-state index is 6.43. The van der Waals surface area contributed by atoms with Gasteiger partial charge in [0.1, 0.15) is 12.2 Å². The SMILES string of the molecule is CC(C)=C[C@@H]1OC(C)(C)O[C@@H]1[C@H](CC1CCCCC1)NCc1ccccc1. The molecule has 0 radical (unpaired) electrons. The minimum Gasteiger partial charge on any atom is -0.343 e. The molecule has 1 aliphatic heterocycles. The minimum atomic E-state index is -0.527. The molecule has 3 rings (SSSR count). The molecule has 2 fully saturated rings. The third-order valence-corrected chi connectivity index (χ3v) is 5.78. The summed E-state index contributed by atoms with van der Waals surface area (Å²) in [6, 6.07) is 11.0. The molecule has 2 aliphatic rings. The summed E-state index contributed by atoms with van der Waals surface area (Å²) in [5.41, 5.74) is 2.61. The molecule has 0 unspecified atom stereocenters. The normalized spacial score (nSPS) is 26.7. The molecule has 150 valence electrons. The molecule has 1 aliphatic carbocycles. The molecule has 1 N–H and O–H groups in total. The summed E-state index contributed by atoms with van der Waals surface area (Å²) in [5, 5.41) is 3.83. The molecule has 1 saturated carbocycles. The Morgan fingerprint density at radius 2 is 1.81 bits per heavy atom. The fourth-order valence-electron chi connectivity index (χ4n) is 4.55. The molecule has 0 amide bonds. The van der Waals surface area contributed by atoms with Gasteiger partial charge in [-0.1, -0.05) is 74.1 Å².